The first-order valence-electron chi connectivity index (χ1n) is 8.71. The first-order chi connectivity index (χ1) is 13.2. The first kappa shape index (κ1) is 21.2. The quantitative estimate of drug-likeness (QED) is 0.429. The van der Waals surface area contributed by atoms with Crippen LogP contribution in [0.3, 0.4) is 0 Å². The molecule has 7 heteroatoms. The number of carbonyl (C=O) groups excluding carboxylic acids is 2. The van der Waals surface area contributed by atoms with Crippen LogP contribution in [0.4, 0.5) is 5.00 Å². The summed E-state index contributed by atoms with van der Waals surface area (Å²) in [5.74, 6) is -1.22. The van der Waals surface area contributed by atoms with Gasteiger partial charge in [-0.1, -0.05) is 30.3 Å². The third-order valence-corrected chi connectivity index (χ3v) is 4.49. The molecule has 1 heterocycles. The fourth-order valence-electron chi connectivity index (χ4n) is 2.21. The standard InChI is InChI=1S/C21H22N2O4S/c1-5-26-20(25)16-11-17(14-9-7-6-8-10-14)28-18(16)23-13-15(12-22)19(24)27-21(2,3)4/h6-11,13,23H,5H2,1-4H3. The zero-order valence-corrected chi connectivity index (χ0v) is 17.1. The van der Waals surface area contributed by atoms with Crippen LogP contribution in [0.5, 0.6) is 0 Å². The Kier molecular flexibility index (Phi) is 6.96. The Morgan fingerprint density at radius 3 is 2.50 bits per heavy atom. The summed E-state index contributed by atoms with van der Waals surface area (Å²) in [6.45, 7) is 7.13. The van der Waals surface area contributed by atoms with Crippen LogP contribution in [0.1, 0.15) is 38.1 Å². The average molecular weight is 398 g/mol. The summed E-state index contributed by atoms with van der Waals surface area (Å²) in [5.41, 5.74) is 0.373. The monoisotopic (exact) mass is 398 g/mol. The molecule has 6 nitrogen and oxygen atoms in total. The number of hydrogen-bond donors (Lipinski definition) is 1. The Morgan fingerprint density at radius 2 is 1.93 bits per heavy atom. The van der Waals surface area contributed by atoms with Crippen molar-refractivity contribution < 1.29 is 19.1 Å². The lowest BCUT2D eigenvalue weighted by Gasteiger charge is -2.18. The van der Waals surface area contributed by atoms with Gasteiger partial charge in [0.25, 0.3) is 0 Å². The van der Waals surface area contributed by atoms with Crippen molar-refractivity contribution >= 4 is 28.3 Å². The van der Waals surface area contributed by atoms with Gasteiger partial charge in [0.1, 0.15) is 16.7 Å². The molecule has 28 heavy (non-hydrogen) atoms. The maximum Gasteiger partial charge on any atom is 0.350 e. The summed E-state index contributed by atoms with van der Waals surface area (Å²) in [6.07, 6.45) is 1.25. The highest BCUT2D eigenvalue weighted by Gasteiger charge is 2.21. The summed E-state index contributed by atoms with van der Waals surface area (Å²) in [6, 6.07) is 13.1. The summed E-state index contributed by atoms with van der Waals surface area (Å²) < 4.78 is 10.3. The van der Waals surface area contributed by atoms with Crippen molar-refractivity contribution in [3.63, 3.8) is 0 Å². The molecule has 2 aromatic rings. The zero-order valence-electron chi connectivity index (χ0n) is 16.2. The van der Waals surface area contributed by atoms with Crippen LogP contribution in [-0.2, 0) is 14.3 Å². The van der Waals surface area contributed by atoms with Gasteiger partial charge < -0.3 is 14.8 Å². The number of nitriles is 1. The normalized spacial score (nSPS) is 11.5. The van der Waals surface area contributed by atoms with Crippen LogP contribution < -0.4 is 5.32 Å². The first-order valence-corrected chi connectivity index (χ1v) is 9.53. The predicted octanol–water partition coefficient (Wildman–Crippen LogP) is 4.75. The Balaban J connectivity index is 2.35. The van der Waals surface area contributed by atoms with Gasteiger partial charge in [0.2, 0.25) is 0 Å². The Hall–Kier alpha value is -3.11. The lowest BCUT2D eigenvalue weighted by molar-refractivity contribution is -0.149. The van der Waals surface area contributed by atoms with E-state index in [0.29, 0.717) is 10.6 Å². The molecule has 0 saturated heterocycles. The summed E-state index contributed by atoms with van der Waals surface area (Å²) in [5, 5.41) is 12.6. The fraction of sp³-hybridized carbons (Fsp3) is 0.286. The van der Waals surface area contributed by atoms with Crippen LogP contribution >= 0.6 is 11.3 Å². The highest BCUT2D eigenvalue weighted by molar-refractivity contribution is 7.19. The number of ether oxygens (including phenoxy) is 2. The van der Waals surface area contributed by atoms with E-state index in [0.717, 1.165) is 10.4 Å². The number of rotatable bonds is 6. The van der Waals surface area contributed by atoms with Gasteiger partial charge in [-0.3, -0.25) is 0 Å². The molecule has 1 N–H and O–H groups in total. The van der Waals surface area contributed by atoms with E-state index in [9.17, 15) is 14.9 Å². The van der Waals surface area contributed by atoms with Crippen LogP contribution in [0.15, 0.2) is 48.2 Å². The molecule has 1 aromatic carbocycles. The molecular weight excluding hydrogens is 376 g/mol. The van der Waals surface area contributed by atoms with Gasteiger partial charge in [0.05, 0.1) is 12.2 Å². The van der Waals surface area contributed by atoms with Gasteiger partial charge in [-0.2, -0.15) is 5.26 Å². The van der Waals surface area contributed by atoms with E-state index in [1.165, 1.54) is 17.5 Å². The molecule has 0 fully saturated rings. The number of benzene rings is 1. The van der Waals surface area contributed by atoms with E-state index in [2.05, 4.69) is 5.32 Å². The predicted molar refractivity (Wildman–Crippen MR) is 109 cm³/mol. The minimum atomic E-state index is -0.736. The third-order valence-electron chi connectivity index (χ3n) is 3.37. The van der Waals surface area contributed by atoms with Gasteiger partial charge in [0.15, 0.2) is 5.57 Å². The zero-order chi connectivity index (χ0) is 20.7. The molecular formula is C21H22N2O4S. The van der Waals surface area contributed by atoms with Crippen molar-refractivity contribution in [3.05, 3.63) is 53.7 Å². The van der Waals surface area contributed by atoms with Crippen molar-refractivity contribution in [2.45, 2.75) is 33.3 Å². The molecule has 0 spiro atoms. The van der Waals surface area contributed by atoms with Crippen molar-refractivity contribution in [2.24, 2.45) is 0 Å². The molecule has 2 rings (SSSR count). The van der Waals surface area contributed by atoms with Gasteiger partial charge in [-0.05, 0) is 39.3 Å². The second-order valence-electron chi connectivity index (χ2n) is 6.76. The Labute approximate surface area is 168 Å². The molecule has 1 aromatic heterocycles. The molecule has 146 valence electrons. The van der Waals surface area contributed by atoms with E-state index >= 15 is 0 Å². The largest absolute Gasteiger partial charge is 0.462 e. The van der Waals surface area contributed by atoms with E-state index in [1.807, 2.05) is 36.4 Å². The smallest absolute Gasteiger partial charge is 0.350 e. The van der Waals surface area contributed by atoms with E-state index in [1.54, 1.807) is 33.8 Å². The van der Waals surface area contributed by atoms with Crippen molar-refractivity contribution in [1.29, 1.82) is 5.26 Å². The highest BCUT2D eigenvalue weighted by atomic mass is 32.1. The molecule has 0 aliphatic rings. The summed E-state index contributed by atoms with van der Waals surface area (Å²) >= 11 is 1.33. The Bertz CT molecular complexity index is 918. The van der Waals surface area contributed by atoms with E-state index in [4.69, 9.17) is 9.47 Å². The lowest BCUT2D eigenvalue weighted by atomic mass is 10.1. The molecule has 0 radical (unpaired) electrons. The molecule has 0 bridgehead atoms. The van der Waals surface area contributed by atoms with Crippen LogP contribution in [-0.4, -0.2) is 24.1 Å². The molecule has 0 aliphatic heterocycles. The molecule has 0 aliphatic carbocycles. The fourth-order valence-corrected chi connectivity index (χ4v) is 3.23. The van der Waals surface area contributed by atoms with Crippen molar-refractivity contribution in [2.75, 3.05) is 11.9 Å². The van der Waals surface area contributed by atoms with Crippen LogP contribution in [0.25, 0.3) is 10.4 Å². The third kappa shape index (κ3) is 5.69. The maximum atomic E-state index is 12.3. The minimum Gasteiger partial charge on any atom is -0.462 e. The number of esters is 2. The number of hydrogen-bond acceptors (Lipinski definition) is 7. The van der Waals surface area contributed by atoms with Gasteiger partial charge in [-0.25, -0.2) is 9.59 Å². The molecule has 0 unspecified atom stereocenters. The van der Waals surface area contributed by atoms with Crippen LogP contribution in [0.2, 0.25) is 0 Å². The van der Waals surface area contributed by atoms with Crippen LogP contribution in [0, 0.1) is 11.3 Å². The number of nitrogens with zero attached hydrogens (tertiary/aromatic N) is 1. The number of thiophene rings is 1. The molecule has 0 atom stereocenters. The lowest BCUT2D eigenvalue weighted by Crippen LogP contribution is -2.24. The number of nitrogens with one attached hydrogen (secondary N) is 1. The van der Waals surface area contributed by atoms with Crippen molar-refractivity contribution in [1.82, 2.24) is 0 Å². The second kappa shape index (κ2) is 9.20. The average Bonchev–Trinajstić information content (AvgIpc) is 3.06. The van der Waals surface area contributed by atoms with Gasteiger partial charge in [0, 0.05) is 11.1 Å². The van der Waals surface area contributed by atoms with E-state index < -0.39 is 17.5 Å². The number of anilines is 1. The maximum absolute atomic E-state index is 12.3. The van der Waals surface area contributed by atoms with E-state index in [-0.39, 0.29) is 12.2 Å². The summed E-state index contributed by atoms with van der Waals surface area (Å²) in [4.78, 5) is 25.3. The highest BCUT2D eigenvalue weighted by Crippen LogP contribution is 2.36. The van der Waals surface area contributed by atoms with Crippen molar-refractivity contribution in [3.8, 4) is 16.5 Å². The summed E-state index contributed by atoms with van der Waals surface area (Å²) in [7, 11) is 0. The van der Waals surface area contributed by atoms with Gasteiger partial charge in [-0.15, -0.1) is 11.3 Å². The topological polar surface area (TPSA) is 88.4 Å². The number of carbonyl (C=O) groups is 2. The SMILES string of the molecule is CCOC(=O)c1cc(-c2ccccc2)sc1NC=C(C#N)C(=O)OC(C)(C)C. The second-order valence-corrected chi connectivity index (χ2v) is 7.81. The molecule has 0 amide bonds. The molecule has 0 saturated carbocycles. The minimum absolute atomic E-state index is 0.195. The van der Waals surface area contributed by atoms with Gasteiger partial charge >= 0.3 is 11.9 Å². The Morgan fingerprint density at radius 1 is 1.25 bits per heavy atom.